The van der Waals surface area contributed by atoms with Gasteiger partial charge in [0.15, 0.2) is 5.13 Å². The number of rotatable bonds is 2. The number of nitrogen functional groups attached to an aromatic ring is 1. The van der Waals surface area contributed by atoms with Gasteiger partial charge in [0, 0.05) is 5.69 Å². The molecule has 19 heavy (non-hydrogen) atoms. The van der Waals surface area contributed by atoms with Crippen LogP contribution in [0.3, 0.4) is 0 Å². The maximum atomic E-state index is 11.9. The third kappa shape index (κ3) is 3.71. The lowest BCUT2D eigenvalue weighted by molar-refractivity contribution is -0.122. The smallest absolute Gasteiger partial charge is 0.399 e. The molecule has 0 fully saturated rings. The molecule has 0 saturated heterocycles. The first-order chi connectivity index (χ1) is 8.83. The highest BCUT2D eigenvalue weighted by atomic mass is 32.1. The summed E-state index contributed by atoms with van der Waals surface area (Å²) in [6, 6.07) is 4.03. The summed E-state index contributed by atoms with van der Waals surface area (Å²) in [7, 11) is 0. The van der Waals surface area contributed by atoms with E-state index in [1.165, 1.54) is 0 Å². The Morgan fingerprint density at radius 1 is 1.42 bits per heavy atom. The molecule has 5 nitrogen and oxygen atoms in total. The van der Waals surface area contributed by atoms with Crippen LogP contribution in [0.4, 0.5) is 28.8 Å². The van der Waals surface area contributed by atoms with Crippen LogP contribution in [0.1, 0.15) is 0 Å². The summed E-state index contributed by atoms with van der Waals surface area (Å²) in [5.74, 6) is 0. The maximum Gasteiger partial charge on any atom is 0.405 e. The van der Waals surface area contributed by atoms with E-state index in [-0.39, 0.29) is 5.13 Å². The van der Waals surface area contributed by atoms with E-state index in [9.17, 15) is 18.0 Å². The largest absolute Gasteiger partial charge is 0.405 e. The number of nitrogens with one attached hydrogen (secondary N) is 2. The van der Waals surface area contributed by atoms with Crippen molar-refractivity contribution in [1.29, 1.82) is 0 Å². The van der Waals surface area contributed by atoms with Gasteiger partial charge in [-0.25, -0.2) is 9.78 Å². The molecule has 0 aliphatic carbocycles. The molecule has 102 valence electrons. The SMILES string of the molecule is Nc1ccc2nc(NC(=O)NCC(F)(F)F)sc2c1. The quantitative estimate of drug-likeness (QED) is 0.744. The van der Waals surface area contributed by atoms with Crippen LogP contribution in [0.15, 0.2) is 18.2 Å². The number of nitrogens with zero attached hydrogens (tertiary/aromatic N) is 1. The van der Waals surface area contributed by atoms with Crippen molar-refractivity contribution in [3.8, 4) is 0 Å². The van der Waals surface area contributed by atoms with Gasteiger partial charge in [0.05, 0.1) is 10.2 Å². The standard InChI is InChI=1S/C10H9F3N4OS/c11-10(12,13)4-15-8(18)17-9-16-6-2-1-5(14)3-7(6)19-9/h1-3H,4,14H2,(H2,15,16,17,18). The zero-order valence-electron chi connectivity index (χ0n) is 9.41. The van der Waals surface area contributed by atoms with Gasteiger partial charge in [-0.05, 0) is 18.2 Å². The summed E-state index contributed by atoms with van der Waals surface area (Å²) >= 11 is 1.13. The van der Waals surface area contributed by atoms with Crippen molar-refractivity contribution in [2.24, 2.45) is 0 Å². The van der Waals surface area contributed by atoms with Crippen molar-refractivity contribution in [3.63, 3.8) is 0 Å². The first kappa shape index (κ1) is 13.4. The van der Waals surface area contributed by atoms with Crippen LogP contribution in [0.25, 0.3) is 10.2 Å². The van der Waals surface area contributed by atoms with E-state index in [0.29, 0.717) is 11.2 Å². The molecule has 2 amide bonds. The molecule has 0 aliphatic rings. The van der Waals surface area contributed by atoms with Crippen LogP contribution in [0, 0.1) is 0 Å². The number of benzene rings is 1. The highest BCUT2D eigenvalue weighted by molar-refractivity contribution is 7.22. The van der Waals surface area contributed by atoms with E-state index in [2.05, 4.69) is 10.3 Å². The van der Waals surface area contributed by atoms with Crippen molar-refractivity contribution in [3.05, 3.63) is 18.2 Å². The number of amides is 2. The van der Waals surface area contributed by atoms with E-state index in [4.69, 9.17) is 5.73 Å². The molecule has 0 saturated carbocycles. The summed E-state index contributed by atoms with van der Waals surface area (Å²) in [5, 5.41) is 4.14. The average Bonchev–Trinajstić information content (AvgIpc) is 2.66. The van der Waals surface area contributed by atoms with Crippen LogP contribution in [-0.4, -0.2) is 23.7 Å². The second kappa shape index (κ2) is 4.92. The average molecular weight is 290 g/mol. The molecule has 0 unspecified atom stereocenters. The lowest BCUT2D eigenvalue weighted by Crippen LogP contribution is -2.36. The highest BCUT2D eigenvalue weighted by Gasteiger charge is 2.27. The van der Waals surface area contributed by atoms with E-state index in [1.807, 2.05) is 0 Å². The molecule has 0 atom stereocenters. The third-order valence-corrected chi connectivity index (χ3v) is 3.02. The molecule has 1 aromatic carbocycles. The predicted octanol–water partition coefficient (Wildman–Crippen LogP) is 2.56. The Labute approximate surface area is 109 Å². The number of urea groups is 1. The molecule has 9 heteroatoms. The zero-order chi connectivity index (χ0) is 14.0. The fourth-order valence-electron chi connectivity index (χ4n) is 1.32. The van der Waals surface area contributed by atoms with Gasteiger partial charge in [0.1, 0.15) is 6.54 Å². The Morgan fingerprint density at radius 2 is 2.16 bits per heavy atom. The van der Waals surface area contributed by atoms with Crippen LogP contribution in [-0.2, 0) is 0 Å². The number of nitrogens with two attached hydrogens (primary N) is 1. The lowest BCUT2D eigenvalue weighted by atomic mass is 10.3. The number of carbonyl (C=O) groups is 1. The van der Waals surface area contributed by atoms with Gasteiger partial charge in [-0.1, -0.05) is 11.3 Å². The van der Waals surface area contributed by atoms with Crippen molar-refractivity contribution >= 4 is 38.4 Å². The summed E-state index contributed by atoms with van der Waals surface area (Å²) in [6.45, 7) is -1.39. The number of thiazole rings is 1. The molecule has 1 aromatic heterocycles. The normalized spacial score (nSPS) is 11.5. The van der Waals surface area contributed by atoms with Crippen molar-refractivity contribution in [2.45, 2.75) is 6.18 Å². The molecule has 0 spiro atoms. The van der Waals surface area contributed by atoms with Gasteiger partial charge in [-0.3, -0.25) is 5.32 Å². The minimum atomic E-state index is -4.45. The van der Waals surface area contributed by atoms with Gasteiger partial charge in [-0.15, -0.1) is 0 Å². The van der Waals surface area contributed by atoms with E-state index >= 15 is 0 Å². The van der Waals surface area contributed by atoms with Crippen molar-refractivity contribution < 1.29 is 18.0 Å². The predicted molar refractivity (Wildman–Crippen MR) is 67.1 cm³/mol. The number of anilines is 2. The number of fused-ring (bicyclic) bond motifs is 1. The molecule has 4 N–H and O–H groups in total. The number of carbonyl (C=O) groups excluding carboxylic acids is 1. The Bertz CT molecular complexity index is 610. The molecule has 2 aromatic rings. The summed E-state index contributed by atoms with van der Waals surface area (Å²) < 4.78 is 36.4. The lowest BCUT2D eigenvalue weighted by Gasteiger charge is -2.07. The summed E-state index contributed by atoms with van der Waals surface area (Å²) in [4.78, 5) is 15.3. The number of hydrogen-bond donors (Lipinski definition) is 3. The molecule has 0 aliphatic heterocycles. The zero-order valence-corrected chi connectivity index (χ0v) is 10.2. The van der Waals surface area contributed by atoms with Gasteiger partial charge < -0.3 is 11.1 Å². The van der Waals surface area contributed by atoms with Gasteiger partial charge >= 0.3 is 12.2 Å². The van der Waals surface area contributed by atoms with Crippen molar-refractivity contribution in [2.75, 3.05) is 17.6 Å². The molecule has 0 radical (unpaired) electrons. The minimum Gasteiger partial charge on any atom is -0.399 e. The molecule has 2 rings (SSSR count). The van der Waals surface area contributed by atoms with E-state index in [1.54, 1.807) is 23.5 Å². The van der Waals surface area contributed by atoms with Crippen molar-refractivity contribution in [1.82, 2.24) is 10.3 Å². The van der Waals surface area contributed by atoms with E-state index < -0.39 is 18.8 Å². The summed E-state index contributed by atoms with van der Waals surface area (Å²) in [6.07, 6.45) is -4.45. The second-order valence-corrected chi connectivity index (χ2v) is 4.70. The molecular formula is C10H9F3N4OS. The fraction of sp³-hybridized carbons (Fsp3) is 0.200. The maximum absolute atomic E-state index is 11.9. The molecule has 1 heterocycles. The third-order valence-electron chi connectivity index (χ3n) is 2.08. The van der Waals surface area contributed by atoms with Crippen LogP contribution < -0.4 is 16.4 Å². The monoisotopic (exact) mass is 290 g/mol. The van der Waals surface area contributed by atoms with Gasteiger partial charge in [0.2, 0.25) is 0 Å². The first-order valence-electron chi connectivity index (χ1n) is 5.11. The highest BCUT2D eigenvalue weighted by Crippen LogP contribution is 2.27. The van der Waals surface area contributed by atoms with Crippen LogP contribution in [0.5, 0.6) is 0 Å². The number of hydrogen-bond acceptors (Lipinski definition) is 4. The molecule has 0 bridgehead atoms. The van der Waals surface area contributed by atoms with Crippen LogP contribution >= 0.6 is 11.3 Å². The Kier molecular flexibility index (Phi) is 3.47. The second-order valence-electron chi connectivity index (χ2n) is 3.67. The Balaban J connectivity index is 2.03. The van der Waals surface area contributed by atoms with E-state index in [0.717, 1.165) is 16.0 Å². The van der Waals surface area contributed by atoms with Gasteiger partial charge in [0.25, 0.3) is 0 Å². The Morgan fingerprint density at radius 3 is 2.84 bits per heavy atom. The summed E-state index contributed by atoms with van der Waals surface area (Å²) in [5.41, 5.74) is 6.75. The van der Waals surface area contributed by atoms with Crippen LogP contribution in [0.2, 0.25) is 0 Å². The van der Waals surface area contributed by atoms with Gasteiger partial charge in [-0.2, -0.15) is 13.2 Å². The molecular weight excluding hydrogens is 281 g/mol. The fourth-order valence-corrected chi connectivity index (χ4v) is 2.23. The minimum absolute atomic E-state index is 0.209. The number of alkyl halides is 3. The number of aromatic nitrogens is 1. The topological polar surface area (TPSA) is 80.0 Å². The number of halogens is 3. The Hall–Kier alpha value is -2.03. The first-order valence-corrected chi connectivity index (χ1v) is 5.93.